The van der Waals surface area contributed by atoms with Crippen molar-refractivity contribution in [3.63, 3.8) is 0 Å². The number of aliphatic hydroxyl groups excluding tert-OH is 1. The van der Waals surface area contributed by atoms with E-state index in [0.717, 1.165) is 12.8 Å². The molecule has 32 heavy (non-hydrogen) atoms. The number of morpholine rings is 1. The molecule has 170 valence electrons. The van der Waals surface area contributed by atoms with Crippen LogP contribution in [0.1, 0.15) is 44.3 Å². The Kier molecular flexibility index (Phi) is 6.89. The summed E-state index contributed by atoms with van der Waals surface area (Å²) >= 11 is 0. The first kappa shape index (κ1) is 22.5. The van der Waals surface area contributed by atoms with Gasteiger partial charge in [-0.3, -0.25) is 9.59 Å². The van der Waals surface area contributed by atoms with Crippen LogP contribution >= 0.6 is 0 Å². The van der Waals surface area contributed by atoms with E-state index in [4.69, 9.17) is 10.5 Å². The van der Waals surface area contributed by atoms with Crippen molar-refractivity contribution in [1.82, 2.24) is 10.2 Å². The van der Waals surface area contributed by atoms with Crippen LogP contribution in [0.3, 0.4) is 0 Å². The van der Waals surface area contributed by atoms with Gasteiger partial charge in [0.05, 0.1) is 25.4 Å². The largest absolute Gasteiger partial charge is 0.391 e. The molecule has 0 radical (unpaired) electrons. The molecule has 0 bridgehead atoms. The molecule has 2 aliphatic rings. The van der Waals surface area contributed by atoms with Crippen LogP contribution in [-0.4, -0.2) is 66.3 Å². The number of primary amides is 1. The van der Waals surface area contributed by atoms with Crippen molar-refractivity contribution in [3.05, 3.63) is 70.3 Å². The number of hydrogen-bond donors (Lipinski definition) is 3. The average Bonchev–Trinajstić information content (AvgIpc) is 3.20. The van der Waals surface area contributed by atoms with E-state index in [9.17, 15) is 14.7 Å². The molecule has 7 heteroatoms. The number of amides is 2. The van der Waals surface area contributed by atoms with Gasteiger partial charge < -0.3 is 25.8 Å². The molecular formula is C25H31N3O4. The van der Waals surface area contributed by atoms with Gasteiger partial charge in [-0.15, -0.1) is 0 Å². The Morgan fingerprint density at radius 1 is 1.22 bits per heavy atom. The summed E-state index contributed by atoms with van der Waals surface area (Å²) in [6, 6.07) is 13.6. The van der Waals surface area contributed by atoms with E-state index >= 15 is 0 Å². The lowest BCUT2D eigenvalue weighted by Crippen LogP contribution is -2.47. The van der Waals surface area contributed by atoms with Crippen molar-refractivity contribution in [3.8, 4) is 0 Å². The summed E-state index contributed by atoms with van der Waals surface area (Å²) in [4.78, 5) is 26.7. The van der Waals surface area contributed by atoms with Gasteiger partial charge in [0.2, 0.25) is 5.91 Å². The fourth-order valence-electron chi connectivity index (χ4n) is 4.66. The van der Waals surface area contributed by atoms with Crippen LogP contribution < -0.4 is 11.1 Å². The zero-order valence-corrected chi connectivity index (χ0v) is 18.4. The van der Waals surface area contributed by atoms with E-state index in [1.165, 1.54) is 11.1 Å². The molecule has 1 fully saturated rings. The number of hydrogen-bond acceptors (Lipinski definition) is 5. The highest BCUT2D eigenvalue weighted by Crippen LogP contribution is 2.22. The van der Waals surface area contributed by atoms with Crippen molar-refractivity contribution in [2.75, 3.05) is 26.3 Å². The molecule has 4 N–H and O–H groups in total. The van der Waals surface area contributed by atoms with E-state index < -0.39 is 12.0 Å². The second kappa shape index (κ2) is 9.81. The molecule has 1 saturated heterocycles. The highest BCUT2D eigenvalue weighted by atomic mass is 16.5. The lowest BCUT2D eigenvalue weighted by Gasteiger charge is -2.33. The lowest BCUT2D eigenvalue weighted by molar-refractivity contribution is 0.00358. The van der Waals surface area contributed by atoms with Gasteiger partial charge in [-0.1, -0.05) is 24.3 Å². The highest BCUT2D eigenvalue weighted by Gasteiger charge is 2.26. The first-order chi connectivity index (χ1) is 15.4. The topological polar surface area (TPSA) is 105 Å². The molecule has 0 spiro atoms. The molecular weight excluding hydrogens is 406 g/mol. The van der Waals surface area contributed by atoms with E-state index in [1.54, 1.807) is 23.1 Å². The van der Waals surface area contributed by atoms with E-state index in [0.29, 0.717) is 43.0 Å². The number of fused-ring (bicyclic) bond motifs is 1. The molecule has 2 atom stereocenters. The van der Waals surface area contributed by atoms with Gasteiger partial charge in [-0.25, -0.2) is 0 Å². The number of ether oxygens (including phenoxy) is 1. The molecule has 2 aromatic rings. The second-order valence-corrected chi connectivity index (χ2v) is 8.80. The van der Waals surface area contributed by atoms with Crippen molar-refractivity contribution >= 4 is 11.8 Å². The zero-order chi connectivity index (χ0) is 22.7. The predicted molar refractivity (Wildman–Crippen MR) is 122 cm³/mol. The Morgan fingerprint density at radius 3 is 2.59 bits per heavy atom. The quantitative estimate of drug-likeness (QED) is 0.606. The number of carbonyl (C=O) groups excluding carboxylic acids is 2. The van der Waals surface area contributed by atoms with Crippen LogP contribution in [0.15, 0.2) is 42.5 Å². The minimum atomic E-state index is -0.704. The van der Waals surface area contributed by atoms with Gasteiger partial charge in [0.25, 0.3) is 5.91 Å². The average molecular weight is 438 g/mol. The van der Waals surface area contributed by atoms with Crippen LogP contribution in [-0.2, 0) is 24.0 Å². The van der Waals surface area contributed by atoms with Crippen LogP contribution in [0.2, 0.25) is 0 Å². The SMILES string of the molecule is C[C@H]1COCCN1C(=O)c1ccc(C(N)=O)c(C[C@H](O)CNC2Cc3ccccc3C2)c1. The number of nitrogens with two attached hydrogens (primary N) is 1. The van der Waals surface area contributed by atoms with Crippen LogP contribution in [0.4, 0.5) is 0 Å². The van der Waals surface area contributed by atoms with Gasteiger partial charge in [0, 0.05) is 36.7 Å². The number of aliphatic hydroxyl groups is 1. The van der Waals surface area contributed by atoms with Crippen LogP contribution in [0.25, 0.3) is 0 Å². The van der Waals surface area contributed by atoms with Crippen molar-refractivity contribution < 1.29 is 19.4 Å². The normalized spacial score (nSPS) is 19.6. The maximum Gasteiger partial charge on any atom is 0.254 e. The Morgan fingerprint density at radius 2 is 1.94 bits per heavy atom. The standard InChI is InChI=1S/C25H31N3O4/c1-16-15-32-9-8-28(16)25(31)19-6-7-23(24(26)30)20(10-19)13-22(29)14-27-21-11-17-4-2-3-5-18(17)12-21/h2-7,10,16,21-22,27,29H,8-9,11-15H2,1H3,(H2,26,30)/t16-,22-/m0/s1. The minimum absolute atomic E-state index is 0.0131. The summed E-state index contributed by atoms with van der Waals surface area (Å²) in [7, 11) is 0. The predicted octanol–water partition coefficient (Wildman–Crippen LogP) is 1.31. The maximum absolute atomic E-state index is 13.0. The molecule has 1 heterocycles. The molecule has 0 saturated carbocycles. The van der Waals surface area contributed by atoms with E-state index in [1.807, 2.05) is 19.1 Å². The van der Waals surface area contributed by atoms with Gasteiger partial charge in [0.1, 0.15) is 0 Å². The van der Waals surface area contributed by atoms with Gasteiger partial charge >= 0.3 is 0 Å². The monoisotopic (exact) mass is 437 g/mol. The lowest BCUT2D eigenvalue weighted by atomic mass is 9.97. The zero-order valence-electron chi connectivity index (χ0n) is 18.4. The number of nitrogens with one attached hydrogen (secondary N) is 1. The number of carbonyl (C=O) groups is 2. The molecule has 4 rings (SSSR count). The number of benzene rings is 2. The molecule has 7 nitrogen and oxygen atoms in total. The fraction of sp³-hybridized carbons (Fsp3) is 0.440. The molecule has 0 unspecified atom stereocenters. The van der Waals surface area contributed by atoms with Gasteiger partial charge in [-0.05, 0) is 54.7 Å². The van der Waals surface area contributed by atoms with Crippen LogP contribution in [0.5, 0.6) is 0 Å². The Labute approximate surface area is 188 Å². The number of nitrogens with zero attached hydrogens (tertiary/aromatic N) is 1. The summed E-state index contributed by atoms with van der Waals surface area (Å²) < 4.78 is 5.42. The first-order valence-electron chi connectivity index (χ1n) is 11.2. The van der Waals surface area contributed by atoms with Gasteiger partial charge in [0.15, 0.2) is 0 Å². The van der Waals surface area contributed by atoms with E-state index in [2.05, 4.69) is 17.4 Å². The molecule has 0 aromatic heterocycles. The summed E-state index contributed by atoms with van der Waals surface area (Å²) in [6.45, 7) is 3.90. The third-order valence-electron chi connectivity index (χ3n) is 6.39. The van der Waals surface area contributed by atoms with Crippen molar-refractivity contribution in [2.45, 2.75) is 44.4 Å². The number of rotatable bonds is 7. The highest BCUT2D eigenvalue weighted by molar-refractivity contribution is 5.98. The Balaban J connectivity index is 1.41. The van der Waals surface area contributed by atoms with E-state index in [-0.39, 0.29) is 24.4 Å². The van der Waals surface area contributed by atoms with Crippen molar-refractivity contribution in [1.29, 1.82) is 0 Å². The Hall–Kier alpha value is -2.74. The molecule has 2 amide bonds. The second-order valence-electron chi connectivity index (χ2n) is 8.80. The van der Waals surface area contributed by atoms with Crippen LogP contribution in [0, 0.1) is 0 Å². The van der Waals surface area contributed by atoms with Crippen molar-refractivity contribution in [2.24, 2.45) is 5.73 Å². The molecule has 2 aromatic carbocycles. The Bertz CT molecular complexity index is 968. The smallest absolute Gasteiger partial charge is 0.254 e. The summed E-state index contributed by atoms with van der Waals surface area (Å²) in [5.41, 5.74) is 9.67. The summed E-state index contributed by atoms with van der Waals surface area (Å²) in [5, 5.41) is 14.1. The first-order valence-corrected chi connectivity index (χ1v) is 11.2. The third kappa shape index (κ3) is 5.01. The molecule has 1 aliphatic heterocycles. The maximum atomic E-state index is 13.0. The minimum Gasteiger partial charge on any atom is -0.391 e. The van der Waals surface area contributed by atoms with Gasteiger partial charge in [-0.2, -0.15) is 0 Å². The summed E-state index contributed by atoms with van der Waals surface area (Å²) in [5.74, 6) is -0.667. The molecule has 1 aliphatic carbocycles. The third-order valence-corrected chi connectivity index (χ3v) is 6.39. The summed E-state index contributed by atoms with van der Waals surface area (Å²) in [6.07, 6.45) is 1.42. The fourth-order valence-corrected chi connectivity index (χ4v) is 4.66.